The van der Waals surface area contributed by atoms with Crippen molar-refractivity contribution in [2.75, 3.05) is 33.4 Å². The van der Waals surface area contributed by atoms with E-state index in [0.717, 1.165) is 57.9 Å². The summed E-state index contributed by atoms with van der Waals surface area (Å²) in [7, 11) is 1.73. The number of thiophene rings is 1. The van der Waals surface area contributed by atoms with Crippen LogP contribution in [0, 0.1) is 6.92 Å². The molecule has 1 amide bonds. The smallest absolute Gasteiger partial charge is 0.239 e. The van der Waals surface area contributed by atoms with Crippen LogP contribution in [-0.2, 0) is 27.9 Å². The summed E-state index contributed by atoms with van der Waals surface area (Å²) >= 11 is 1.80. The molecule has 1 aromatic carbocycles. The molecule has 6 heteroatoms. The Morgan fingerprint density at radius 1 is 1.33 bits per heavy atom. The molecule has 1 atom stereocenters. The Morgan fingerprint density at radius 3 is 2.90 bits per heavy atom. The average molecular weight is 429 g/mol. The molecule has 3 heterocycles. The molecule has 0 radical (unpaired) electrons. The SMILES string of the molecule is COc1ccc(C)cc1C1(CNC(C)C(=O)N2CCc3sccc3C2)CCOCC1. The van der Waals surface area contributed by atoms with Crippen molar-refractivity contribution < 1.29 is 14.3 Å². The van der Waals surface area contributed by atoms with Crippen molar-refractivity contribution >= 4 is 17.2 Å². The van der Waals surface area contributed by atoms with E-state index in [1.165, 1.54) is 21.6 Å². The third kappa shape index (κ3) is 4.27. The van der Waals surface area contributed by atoms with Gasteiger partial charge in [-0.25, -0.2) is 0 Å². The summed E-state index contributed by atoms with van der Waals surface area (Å²) in [5.41, 5.74) is 3.66. The normalized spacial score (nSPS) is 19.2. The monoisotopic (exact) mass is 428 g/mol. The quantitative estimate of drug-likeness (QED) is 0.763. The third-order valence-corrected chi connectivity index (χ3v) is 7.64. The molecule has 30 heavy (non-hydrogen) atoms. The number of fused-ring (bicyclic) bond motifs is 1. The fourth-order valence-electron chi connectivity index (χ4n) is 4.69. The number of hydrogen-bond donors (Lipinski definition) is 1. The van der Waals surface area contributed by atoms with Crippen molar-refractivity contribution in [1.82, 2.24) is 10.2 Å². The van der Waals surface area contributed by atoms with Gasteiger partial charge in [0.2, 0.25) is 5.91 Å². The standard InChI is InChI=1S/C24H32N2O3S/c1-17-4-5-21(28-3)20(14-17)24(8-11-29-12-9-24)16-25-18(2)23(27)26-10-6-22-19(15-26)7-13-30-22/h4-5,7,13-14,18,25H,6,8-12,15-16H2,1-3H3. The van der Waals surface area contributed by atoms with Crippen molar-refractivity contribution in [3.05, 3.63) is 51.2 Å². The number of nitrogens with one attached hydrogen (secondary N) is 1. The Hall–Kier alpha value is -1.89. The molecule has 162 valence electrons. The van der Waals surface area contributed by atoms with Crippen molar-refractivity contribution in [2.45, 2.75) is 51.1 Å². The van der Waals surface area contributed by atoms with Gasteiger partial charge >= 0.3 is 0 Å². The predicted octanol–water partition coefficient (Wildman–Crippen LogP) is 3.68. The summed E-state index contributed by atoms with van der Waals surface area (Å²) in [6, 6.07) is 8.31. The Labute approximate surface area is 183 Å². The Kier molecular flexibility index (Phi) is 6.46. The van der Waals surface area contributed by atoms with Crippen molar-refractivity contribution in [2.24, 2.45) is 0 Å². The molecule has 0 bridgehead atoms. The van der Waals surface area contributed by atoms with Crippen LogP contribution in [0.2, 0.25) is 0 Å². The molecule has 1 N–H and O–H groups in total. The number of ether oxygens (including phenoxy) is 2. The maximum atomic E-state index is 13.1. The van der Waals surface area contributed by atoms with E-state index in [4.69, 9.17) is 9.47 Å². The highest BCUT2D eigenvalue weighted by molar-refractivity contribution is 7.10. The summed E-state index contributed by atoms with van der Waals surface area (Å²) in [6.07, 6.45) is 2.80. The lowest BCUT2D eigenvalue weighted by Crippen LogP contribution is -2.51. The van der Waals surface area contributed by atoms with Crippen LogP contribution in [-0.4, -0.2) is 50.3 Å². The number of methoxy groups -OCH3 is 1. The summed E-state index contributed by atoms with van der Waals surface area (Å²) in [4.78, 5) is 16.6. The van der Waals surface area contributed by atoms with Crippen LogP contribution in [0.3, 0.4) is 0 Å². The molecule has 1 aromatic heterocycles. The zero-order chi connectivity index (χ0) is 21.1. The zero-order valence-corrected chi connectivity index (χ0v) is 19.0. The second-order valence-corrected chi connectivity index (χ2v) is 9.58. The van der Waals surface area contributed by atoms with E-state index in [2.05, 4.69) is 41.9 Å². The van der Waals surface area contributed by atoms with Gasteiger partial charge < -0.3 is 19.7 Å². The first-order valence-electron chi connectivity index (χ1n) is 10.8. The first kappa shape index (κ1) is 21.3. The minimum atomic E-state index is -0.222. The second-order valence-electron chi connectivity index (χ2n) is 8.58. The molecule has 1 saturated heterocycles. The van der Waals surface area contributed by atoms with Crippen molar-refractivity contribution in [3.63, 3.8) is 0 Å². The van der Waals surface area contributed by atoms with Crippen LogP contribution >= 0.6 is 11.3 Å². The number of benzene rings is 1. The van der Waals surface area contributed by atoms with E-state index >= 15 is 0 Å². The molecular formula is C24H32N2O3S. The van der Waals surface area contributed by atoms with Gasteiger partial charge in [0, 0.05) is 48.7 Å². The fraction of sp³-hybridized carbons (Fsp3) is 0.542. The molecule has 4 rings (SSSR count). The zero-order valence-electron chi connectivity index (χ0n) is 18.2. The molecular weight excluding hydrogens is 396 g/mol. The highest BCUT2D eigenvalue weighted by Crippen LogP contribution is 2.40. The summed E-state index contributed by atoms with van der Waals surface area (Å²) in [6.45, 7) is 7.84. The van der Waals surface area contributed by atoms with E-state index < -0.39 is 0 Å². The first-order chi connectivity index (χ1) is 14.5. The van der Waals surface area contributed by atoms with Gasteiger partial charge in [-0.05, 0) is 56.2 Å². The average Bonchev–Trinajstić information content (AvgIpc) is 3.25. The highest BCUT2D eigenvalue weighted by Gasteiger charge is 2.38. The van der Waals surface area contributed by atoms with Crippen LogP contribution < -0.4 is 10.1 Å². The lowest BCUT2D eigenvalue weighted by Gasteiger charge is -2.40. The van der Waals surface area contributed by atoms with Gasteiger partial charge in [-0.1, -0.05) is 17.7 Å². The van der Waals surface area contributed by atoms with E-state index in [9.17, 15) is 4.79 Å². The molecule has 0 aliphatic carbocycles. The number of amides is 1. The molecule has 2 aliphatic heterocycles. The summed E-state index contributed by atoms with van der Waals surface area (Å²) in [5.74, 6) is 1.11. The number of hydrogen-bond acceptors (Lipinski definition) is 5. The number of rotatable bonds is 6. The minimum Gasteiger partial charge on any atom is -0.496 e. The summed E-state index contributed by atoms with van der Waals surface area (Å²) < 4.78 is 11.4. The van der Waals surface area contributed by atoms with Gasteiger partial charge in [-0.15, -0.1) is 11.3 Å². The number of carbonyl (C=O) groups is 1. The van der Waals surface area contributed by atoms with Crippen LogP contribution in [0.4, 0.5) is 0 Å². The lowest BCUT2D eigenvalue weighted by atomic mass is 9.73. The maximum Gasteiger partial charge on any atom is 0.239 e. The molecule has 1 fully saturated rings. The molecule has 0 spiro atoms. The maximum absolute atomic E-state index is 13.1. The topological polar surface area (TPSA) is 50.8 Å². The van der Waals surface area contributed by atoms with E-state index in [1.807, 2.05) is 11.8 Å². The Morgan fingerprint density at radius 2 is 2.13 bits per heavy atom. The summed E-state index contributed by atoms with van der Waals surface area (Å²) in [5, 5.41) is 5.71. The van der Waals surface area contributed by atoms with Crippen molar-refractivity contribution in [3.8, 4) is 5.75 Å². The van der Waals surface area contributed by atoms with Gasteiger partial charge in [0.05, 0.1) is 13.2 Å². The van der Waals surface area contributed by atoms with Gasteiger partial charge in [-0.2, -0.15) is 0 Å². The minimum absolute atomic E-state index is 0.0907. The number of carbonyl (C=O) groups excluding carboxylic acids is 1. The van der Waals surface area contributed by atoms with Crippen LogP contribution in [0.15, 0.2) is 29.6 Å². The van der Waals surface area contributed by atoms with Gasteiger partial charge in [0.1, 0.15) is 5.75 Å². The second kappa shape index (κ2) is 9.08. The molecule has 5 nitrogen and oxygen atoms in total. The molecule has 1 unspecified atom stereocenters. The van der Waals surface area contributed by atoms with Crippen molar-refractivity contribution in [1.29, 1.82) is 0 Å². The molecule has 0 saturated carbocycles. The fourth-order valence-corrected chi connectivity index (χ4v) is 5.58. The Bertz CT molecular complexity index is 888. The van der Waals surface area contributed by atoms with Crippen LogP contribution in [0.25, 0.3) is 0 Å². The largest absolute Gasteiger partial charge is 0.496 e. The van der Waals surface area contributed by atoms with E-state index in [-0.39, 0.29) is 17.4 Å². The van der Waals surface area contributed by atoms with Crippen LogP contribution in [0.5, 0.6) is 5.75 Å². The van der Waals surface area contributed by atoms with Gasteiger partial charge in [0.25, 0.3) is 0 Å². The third-order valence-electron chi connectivity index (χ3n) is 6.61. The Balaban J connectivity index is 1.48. The van der Waals surface area contributed by atoms with E-state index in [0.29, 0.717) is 0 Å². The number of nitrogens with zero attached hydrogens (tertiary/aromatic N) is 1. The number of aryl methyl sites for hydroxylation is 1. The lowest BCUT2D eigenvalue weighted by molar-refractivity contribution is -0.134. The first-order valence-corrected chi connectivity index (χ1v) is 11.7. The molecule has 2 aromatic rings. The highest BCUT2D eigenvalue weighted by atomic mass is 32.1. The predicted molar refractivity (Wildman–Crippen MR) is 120 cm³/mol. The van der Waals surface area contributed by atoms with Crippen LogP contribution in [0.1, 0.15) is 41.3 Å². The molecule has 2 aliphatic rings. The van der Waals surface area contributed by atoms with Gasteiger partial charge in [0.15, 0.2) is 0 Å². The van der Waals surface area contributed by atoms with E-state index in [1.54, 1.807) is 18.4 Å². The van der Waals surface area contributed by atoms with Gasteiger partial charge in [-0.3, -0.25) is 4.79 Å².